The summed E-state index contributed by atoms with van der Waals surface area (Å²) >= 11 is 0. The molecule has 0 bridgehead atoms. The van der Waals surface area contributed by atoms with Crippen LogP contribution in [-0.2, 0) is 13.2 Å². The van der Waals surface area contributed by atoms with Crippen molar-refractivity contribution in [1.29, 1.82) is 0 Å². The van der Waals surface area contributed by atoms with Crippen LogP contribution in [0, 0.1) is 0 Å². The highest BCUT2D eigenvalue weighted by atomic mass is 16.5. The van der Waals surface area contributed by atoms with Gasteiger partial charge >= 0.3 is 0 Å². The van der Waals surface area contributed by atoms with Crippen LogP contribution in [0.2, 0.25) is 0 Å². The molecule has 0 saturated carbocycles. The smallest absolute Gasteiger partial charge is 0.186 e. The van der Waals surface area contributed by atoms with Crippen molar-refractivity contribution in [3.05, 3.63) is 114 Å². The molecule has 0 aliphatic rings. The van der Waals surface area contributed by atoms with E-state index in [1.165, 1.54) is 5.56 Å². The van der Waals surface area contributed by atoms with Crippen LogP contribution < -0.4 is 4.74 Å². The Morgan fingerprint density at radius 2 is 1.71 bits per heavy atom. The lowest BCUT2D eigenvalue weighted by Gasteiger charge is -2.11. The molecule has 0 atom stereocenters. The van der Waals surface area contributed by atoms with Crippen LogP contribution in [0.5, 0.6) is 5.75 Å². The third-order valence-electron chi connectivity index (χ3n) is 5.90. The van der Waals surface area contributed by atoms with Crippen LogP contribution in [0.1, 0.15) is 22.6 Å². The summed E-state index contributed by atoms with van der Waals surface area (Å²) in [5, 5.41) is 16.1. The molecule has 6 rings (SSSR count). The number of benzene rings is 3. The van der Waals surface area contributed by atoms with E-state index in [1.54, 1.807) is 0 Å². The molecule has 0 aliphatic heterocycles. The average molecular weight is 459 g/mol. The van der Waals surface area contributed by atoms with Gasteiger partial charge in [-0.3, -0.25) is 0 Å². The zero-order chi connectivity index (χ0) is 23.5. The second kappa shape index (κ2) is 9.23. The largest absolute Gasteiger partial charge is 0.483 e. The number of aromatic nitrogens is 6. The highest BCUT2D eigenvalue weighted by Gasteiger charge is 2.09. The number of hydrogen-bond acceptors (Lipinski definition) is 5. The zero-order valence-electron chi connectivity index (χ0n) is 18.9. The van der Waals surface area contributed by atoms with Gasteiger partial charge in [-0.1, -0.05) is 66.7 Å². The number of nitrogens with zero attached hydrogens (tertiary/aromatic N) is 5. The first-order valence-corrected chi connectivity index (χ1v) is 11.4. The second-order valence-electron chi connectivity index (χ2n) is 8.28. The monoisotopic (exact) mass is 458 g/mol. The minimum atomic E-state index is 0.282. The van der Waals surface area contributed by atoms with Gasteiger partial charge < -0.3 is 9.30 Å². The molecule has 3 heterocycles. The van der Waals surface area contributed by atoms with E-state index in [1.807, 2.05) is 36.4 Å². The fourth-order valence-corrected chi connectivity index (χ4v) is 4.15. The van der Waals surface area contributed by atoms with Crippen molar-refractivity contribution < 1.29 is 4.74 Å². The number of aromatic amines is 1. The normalized spacial score (nSPS) is 11.5. The Morgan fingerprint density at radius 1 is 0.829 bits per heavy atom. The Bertz CT molecular complexity index is 1620. The van der Waals surface area contributed by atoms with Crippen molar-refractivity contribution in [2.24, 2.45) is 0 Å². The van der Waals surface area contributed by atoms with E-state index in [4.69, 9.17) is 9.72 Å². The number of pyridine rings is 1. The highest BCUT2D eigenvalue weighted by molar-refractivity contribution is 5.86. The summed E-state index contributed by atoms with van der Waals surface area (Å²) in [6.07, 6.45) is 6.23. The SMILES string of the molecule is C(=C\c1ccc2ccccc2n1)/c1ccc(Cn2ccc3cccc(OCc4nnn[nH]4)c32)cc1. The van der Waals surface area contributed by atoms with Crippen LogP contribution in [0.15, 0.2) is 91.1 Å². The molecule has 170 valence electrons. The van der Waals surface area contributed by atoms with Gasteiger partial charge in [0.05, 0.1) is 16.7 Å². The molecule has 7 heteroatoms. The molecular formula is C28H22N6O. The van der Waals surface area contributed by atoms with Gasteiger partial charge in [-0.25, -0.2) is 10.1 Å². The van der Waals surface area contributed by atoms with Crippen molar-refractivity contribution in [2.45, 2.75) is 13.2 Å². The molecule has 0 unspecified atom stereocenters. The number of para-hydroxylation sites is 2. The van der Waals surface area contributed by atoms with Gasteiger partial charge in [-0.2, -0.15) is 0 Å². The van der Waals surface area contributed by atoms with Crippen LogP contribution >= 0.6 is 0 Å². The van der Waals surface area contributed by atoms with Crippen molar-refractivity contribution in [1.82, 2.24) is 30.2 Å². The predicted octanol–water partition coefficient (Wildman–Crippen LogP) is 5.50. The molecule has 35 heavy (non-hydrogen) atoms. The molecular weight excluding hydrogens is 436 g/mol. The number of H-pyrrole nitrogens is 1. The van der Waals surface area contributed by atoms with Crippen LogP contribution in [0.3, 0.4) is 0 Å². The van der Waals surface area contributed by atoms with E-state index in [0.717, 1.165) is 45.4 Å². The van der Waals surface area contributed by atoms with Gasteiger partial charge in [0, 0.05) is 23.5 Å². The lowest BCUT2D eigenvalue weighted by Crippen LogP contribution is -2.02. The molecule has 7 nitrogen and oxygen atoms in total. The quantitative estimate of drug-likeness (QED) is 0.342. The molecule has 0 fully saturated rings. The van der Waals surface area contributed by atoms with Crippen LogP contribution in [0.25, 0.3) is 34.0 Å². The first kappa shape index (κ1) is 20.8. The predicted molar refractivity (Wildman–Crippen MR) is 137 cm³/mol. The van der Waals surface area contributed by atoms with Crippen molar-refractivity contribution in [2.75, 3.05) is 0 Å². The third-order valence-corrected chi connectivity index (χ3v) is 5.90. The number of tetrazole rings is 1. The summed E-state index contributed by atoms with van der Waals surface area (Å²) in [6, 6.07) is 29.0. The van der Waals surface area contributed by atoms with E-state index in [9.17, 15) is 0 Å². The Hall–Kier alpha value is -4.78. The third kappa shape index (κ3) is 4.52. The van der Waals surface area contributed by atoms with Gasteiger partial charge in [-0.05, 0) is 51.9 Å². The van der Waals surface area contributed by atoms with Gasteiger partial charge in [0.15, 0.2) is 5.82 Å². The summed E-state index contributed by atoms with van der Waals surface area (Å²) in [7, 11) is 0. The fourth-order valence-electron chi connectivity index (χ4n) is 4.15. The molecule has 6 aromatic rings. The highest BCUT2D eigenvalue weighted by Crippen LogP contribution is 2.28. The summed E-state index contributed by atoms with van der Waals surface area (Å²) in [4.78, 5) is 4.71. The first-order chi connectivity index (χ1) is 17.3. The van der Waals surface area contributed by atoms with Gasteiger partial charge in [-0.15, -0.1) is 5.10 Å². The van der Waals surface area contributed by atoms with E-state index >= 15 is 0 Å². The minimum absolute atomic E-state index is 0.282. The lowest BCUT2D eigenvalue weighted by atomic mass is 10.1. The second-order valence-corrected chi connectivity index (χ2v) is 8.28. The van der Waals surface area contributed by atoms with E-state index in [2.05, 4.69) is 92.1 Å². The van der Waals surface area contributed by atoms with Crippen molar-refractivity contribution in [3.8, 4) is 5.75 Å². The average Bonchev–Trinajstić information content (AvgIpc) is 3.57. The summed E-state index contributed by atoms with van der Waals surface area (Å²) in [5.41, 5.74) is 5.33. The van der Waals surface area contributed by atoms with Crippen LogP contribution in [0.4, 0.5) is 0 Å². The molecule has 0 amide bonds. The van der Waals surface area contributed by atoms with Gasteiger partial charge in [0.25, 0.3) is 0 Å². The maximum atomic E-state index is 6.01. The number of ether oxygens (including phenoxy) is 1. The Labute approximate surface area is 201 Å². The number of hydrogen-bond donors (Lipinski definition) is 1. The lowest BCUT2D eigenvalue weighted by molar-refractivity contribution is 0.298. The van der Waals surface area contributed by atoms with E-state index < -0.39 is 0 Å². The number of fused-ring (bicyclic) bond motifs is 2. The van der Waals surface area contributed by atoms with Crippen molar-refractivity contribution >= 4 is 34.0 Å². The Kier molecular flexibility index (Phi) is 5.48. The standard InChI is InChI=1S/C28H22N6O/c1-2-6-25-22(4-1)13-15-24(29-25)14-12-20-8-10-21(11-9-20)18-34-17-16-23-5-3-7-26(28(23)34)35-19-27-30-32-33-31-27/h1-17H,18-19H2,(H,30,31,32,33)/b14-12+. The molecule has 3 aromatic heterocycles. The van der Waals surface area contributed by atoms with Crippen LogP contribution in [-0.4, -0.2) is 30.2 Å². The fraction of sp³-hybridized carbons (Fsp3) is 0.0714. The molecule has 1 N–H and O–H groups in total. The molecule has 3 aromatic carbocycles. The topological polar surface area (TPSA) is 81.5 Å². The summed E-state index contributed by atoms with van der Waals surface area (Å²) < 4.78 is 8.21. The van der Waals surface area contributed by atoms with Crippen molar-refractivity contribution in [3.63, 3.8) is 0 Å². The summed E-state index contributed by atoms with van der Waals surface area (Å²) in [5.74, 6) is 1.38. The molecule has 0 radical (unpaired) electrons. The molecule has 0 spiro atoms. The Morgan fingerprint density at radius 3 is 2.60 bits per heavy atom. The minimum Gasteiger partial charge on any atom is -0.483 e. The Balaban J connectivity index is 1.18. The summed E-state index contributed by atoms with van der Waals surface area (Å²) in [6.45, 7) is 1.02. The maximum absolute atomic E-state index is 6.01. The number of rotatable bonds is 7. The van der Waals surface area contributed by atoms with E-state index in [-0.39, 0.29) is 6.61 Å². The molecule has 0 aliphatic carbocycles. The zero-order valence-corrected chi connectivity index (χ0v) is 18.9. The number of nitrogens with one attached hydrogen (secondary N) is 1. The molecule has 0 saturated heterocycles. The maximum Gasteiger partial charge on any atom is 0.186 e. The first-order valence-electron chi connectivity index (χ1n) is 11.4. The van der Waals surface area contributed by atoms with Gasteiger partial charge in [0.1, 0.15) is 12.4 Å². The van der Waals surface area contributed by atoms with E-state index in [0.29, 0.717) is 5.82 Å². The van der Waals surface area contributed by atoms with Gasteiger partial charge in [0.2, 0.25) is 0 Å².